The van der Waals surface area contributed by atoms with Crippen molar-refractivity contribution in [2.75, 3.05) is 20.2 Å². The summed E-state index contributed by atoms with van der Waals surface area (Å²) in [6.45, 7) is 7.81. The van der Waals surface area contributed by atoms with Crippen molar-refractivity contribution in [1.82, 2.24) is 10.2 Å². The Morgan fingerprint density at radius 1 is 0.925 bits per heavy atom. The van der Waals surface area contributed by atoms with Gasteiger partial charge >= 0.3 is 5.97 Å². The number of nitrogens with zero attached hydrogens (tertiary/aromatic N) is 1. The van der Waals surface area contributed by atoms with E-state index in [4.69, 9.17) is 4.74 Å². The fourth-order valence-corrected chi connectivity index (χ4v) is 5.88. The quantitative estimate of drug-likeness (QED) is 0.329. The Kier molecular flexibility index (Phi) is 8.04. The number of esters is 1. The van der Waals surface area contributed by atoms with Gasteiger partial charge in [0.05, 0.1) is 5.57 Å². The van der Waals surface area contributed by atoms with E-state index in [9.17, 15) is 9.59 Å². The number of carbonyl (C=O) groups is 2. The lowest BCUT2D eigenvalue weighted by atomic mass is 9.68. The molecule has 0 fully saturated rings. The van der Waals surface area contributed by atoms with Crippen molar-refractivity contribution in [3.63, 3.8) is 0 Å². The van der Waals surface area contributed by atoms with Crippen LogP contribution >= 0.6 is 0 Å². The number of hydrogen-bond donors (Lipinski definition) is 1. The number of likely N-dealkylation sites (N-methyl/N-ethyl adjacent to an activating group) is 1. The molecule has 0 aromatic heterocycles. The minimum absolute atomic E-state index is 0.0938. The lowest BCUT2D eigenvalue weighted by molar-refractivity contribution is -0.139. The van der Waals surface area contributed by atoms with Gasteiger partial charge in [-0.1, -0.05) is 98.8 Å². The average Bonchev–Trinajstić information content (AvgIpc) is 2.92. The van der Waals surface area contributed by atoms with Crippen molar-refractivity contribution in [3.8, 4) is 11.1 Å². The second-order valence-electron chi connectivity index (χ2n) is 11.8. The van der Waals surface area contributed by atoms with Crippen LogP contribution in [0.25, 0.3) is 11.1 Å². The molecular formula is C35H38N2O3. The smallest absolute Gasteiger partial charge is 0.336 e. The van der Waals surface area contributed by atoms with Crippen LogP contribution in [0.1, 0.15) is 50.7 Å². The highest BCUT2D eigenvalue weighted by Gasteiger charge is 2.43. The number of hydrogen-bond acceptors (Lipinski definition) is 5. The van der Waals surface area contributed by atoms with Gasteiger partial charge in [-0.25, -0.2) is 4.79 Å². The summed E-state index contributed by atoms with van der Waals surface area (Å²) in [6.07, 6.45) is 1.22. The minimum atomic E-state index is -0.459. The largest absolute Gasteiger partial charge is 0.461 e. The third-order valence-corrected chi connectivity index (χ3v) is 7.81. The van der Waals surface area contributed by atoms with Gasteiger partial charge in [0.1, 0.15) is 6.61 Å². The number of rotatable bonds is 8. The van der Waals surface area contributed by atoms with Gasteiger partial charge in [0.25, 0.3) is 0 Å². The SMILES string of the molecule is CC1=C(C(=O)OCCN(C)Cc2ccccc2)C(c2ccc(-c3ccccc3)cc2)C2=C(CC(C)(C)CC2=O)N1. The summed E-state index contributed by atoms with van der Waals surface area (Å²) in [6, 6.07) is 28.7. The van der Waals surface area contributed by atoms with E-state index in [2.05, 4.69) is 60.5 Å². The lowest BCUT2D eigenvalue weighted by Crippen LogP contribution is -2.39. The van der Waals surface area contributed by atoms with Gasteiger partial charge in [-0.2, -0.15) is 0 Å². The zero-order valence-corrected chi connectivity index (χ0v) is 23.9. The monoisotopic (exact) mass is 534 g/mol. The number of ether oxygens (including phenoxy) is 1. The van der Waals surface area contributed by atoms with Crippen molar-refractivity contribution in [1.29, 1.82) is 0 Å². The number of nitrogens with one attached hydrogen (secondary N) is 1. The molecular weight excluding hydrogens is 496 g/mol. The summed E-state index contributed by atoms with van der Waals surface area (Å²) < 4.78 is 5.85. The van der Waals surface area contributed by atoms with E-state index in [0.717, 1.165) is 41.1 Å². The number of ketones is 1. The first kappa shape index (κ1) is 27.6. The maximum absolute atomic E-state index is 13.7. The van der Waals surface area contributed by atoms with Gasteiger partial charge in [-0.05, 0) is 48.1 Å². The standard InChI is InChI=1S/C35H38N2O3/c1-24-31(34(39)40-20-19-37(4)23-25-11-7-5-8-12-25)32(33-29(36-24)21-35(2,3)22-30(33)38)28-17-15-27(16-18-28)26-13-9-6-10-14-26/h5-18,32,36H,19-23H2,1-4H3. The highest BCUT2D eigenvalue weighted by Crippen LogP contribution is 2.47. The van der Waals surface area contributed by atoms with Crippen LogP contribution in [0.4, 0.5) is 0 Å². The van der Waals surface area contributed by atoms with Crippen LogP contribution in [0.3, 0.4) is 0 Å². The molecule has 3 aromatic rings. The first-order valence-electron chi connectivity index (χ1n) is 14.0. The molecule has 1 N–H and O–H groups in total. The number of dihydropyridines is 1. The second-order valence-corrected chi connectivity index (χ2v) is 11.8. The van der Waals surface area contributed by atoms with Crippen LogP contribution in [-0.2, 0) is 20.9 Å². The van der Waals surface area contributed by atoms with E-state index in [0.29, 0.717) is 24.1 Å². The molecule has 1 atom stereocenters. The van der Waals surface area contributed by atoms with Crippen LogP contribution in [0.5, 0.6) is 0 Å². The third kappa shape index (κ3) is 6.10. The normalized spacial score (nSPS) is 18.4. The Hall–Kier alpha value is -3.96. The molecule has 0 saturated carbocycles. The predicted octanol–water partition coefficient (Wildman–Crippen LogP) is 6.63. The summed E-state index contributed by atoms with van der Waals surface area (Å²) in [7, 11) is 2.02. The summed E-state index contributed by atoms with van der Waals surface area (Å²) >= 11 is 0. The van der Waals surface area contributed by atoms with Crippen LogP contribution < -0.4 is 5.32 Å². The molecule has 0 bridgehead atoms. The Labute approximate surface area is 237 Å². The molecule has 1 aliphatic carbocycles. The van der Waals surface area contributed by atoms with E-state index in [1.807, 2.05) is 62.5 Å². The number of allylic oxidation sites excluding steroid dienone is 3. The molecule has 40 heavy (non-hydrogen) atoms. The van der Waals surface area contributed by atoms with Crippen molar-refractivity contribution < 1.29 is 14.3 Å². The van der Waals surface area contributed by atoms with E-state index in [1.165, 1.54) is 5.56 Å². The summed E-state index contributed by atoms with van der Waals surface area (Å²) in [4.78, 5) is 29.4. The molecule has 5 rings (SSSR count). The van der Waals surface area contributed by atoms with Gasteiger partial charge in [-0.3, -0.25) is 9.69 Å². The second kappa shape index (κ2) is 11.6. The van der Waals surface area contributed by atoms with Crippen LogP contribution in [0.2, 0.25) is 0 Å². The van der Waals surface area contributed by atoms with Crippen LogP contribution in [-0.4, -0.2) is 36.9 Å². The van der Waals surface area contributed by atoms with Crippen LogP contribution in [0, 0.1) is 5.41 Å². The molecule has 0 spiro atoms. The molecule has 0 radical (unpaired) electrons. The molecule has 3 aromatic carbocycles. The Balaban J connectivity index is 1.40. The van der Waals surface area contributed by atoms with Crippen molar-refractivity contribution in [2.24, 2.45) is 5.41 Å². The van der Waals surface area contributed by atoms with Gasteiger partial charge in [0.15, 0.2) is 5.78 Å². The number of Topliss-reactive ketones (excluding diaryl/α,β-unsaturated/α-hetero) is 1. The zero-order chi connectivity index (χ0) is 28.3. The fourth-order valence-electron chi connectivity index (χ4n) is 5.88. The molecule has 5 heteroatoms. The zero-order valence-electron chi connectivity index (χ0n) is 23.9. The van der Waals surface area contributed by atoms with E-state index in [1.54, 1.807) is 0 Å². The third-order valence-electron chi connectivity index (χ3n) is 7.81. The number of benzene rings is 3. The molecule has 2 aliphatic rings. The van der Waals surface area contributed by atoms with E-state index in [-0.39, 0.29) is 23.8 Å². The highest BCUT2D eigenvalue weighted by molar-refractivity contribution is 6.04. The van der Waals surface area contributed by atoms with Crippen molar-refractivity contribution >= 4 is 11.8 Å². The maximum Gasteiger partial charge on any atom is 0.336 e. The highest BCUT2D eigenvalue weighted by atomic mass is 16.5. The van der Waals surface area contributed by atoms with Crippen molar-refractivity contribution in [3.05, 3.63) is 119 Å². The lowest BCUT2D eigenvalue weighted by Gasteiger charge is -2.39. The van der Waals surface area contributed by atoms with Crippen molar-refractivity contribution in [2.45, 2.75) is 46.1 Å². The Bertz CT molecular complexity index is 1440. The predicted molar refractivity (Wildman–Crippen MR) is 159 cm³/mol. The molecule has 0 amide bonds. The minimum Gasteiger partial charge on any atom is -0.461 e. The maximum atomic E-state index is 13.7. The Morgan fingerprint density at radius 3 is 2.23 bits per heavy atom. The molecule has 1 heterocycles. The van der Waals surface area contributed by atoms with Gasteiger partial charge in [0, 0.05) is 42.4 Å². The van der Waals surface area contributed by atoms with Gasteiger partial charge in [-0.15, -0.1) is 0 Å². The first-order valence-corrected chi connectivity index (χ1v) is 14.0. The van der Waals surface area contributed by atoms with Crippen LogP contribution in [0.15, 0.2) is 107 Å². The molecule has 1 aliphatic heterocycles. The van der Waals surface area contributed by atoms with Gasteiger partial charge < -0.3 is 10.1 Å². The van der Waals surface area contributed by atoms with E-state index < -0.39 is 5.92 Å². The fraction of sp³-hybridized carbons (Fsp3) is 0.314. The Morgan fingerprint density at radius 2 is 1.55 bits per heavy atom. The molecule has 1 unspecified atom stereocenters. The number of carbonyl (C=O) groups excluding carboxylic acids is 2. The first-order chi connectivity index (χ1) is 19.2. The van der Waals surface area contributed by atoms with E-state index >= 15 is 0 Å². The summed E-state index contributed by atoms with van der Waals surface area (Å²) in [5.41, 5.74) is 7.12. The molecule has 206 valence electrons. The molecule has 0 saturated heterocycles. The van der Waals surface area contributed by atoms with Gasteiger partial charge in [0.2, 0.25) is 0 Å². The molecule has 5 nitrogen and oxygen atoms in total. The topological polar surface area (TPSA) is 58.6 Å². The summed E-state index contributed by atoms with van der Waals surface area (Å²) in [5, 5.41) is 3.43. The average molecular weight is 535 g/mol. The summed E-state index contributed by atoms with van der Waals surface area (Å²) in [5.74, 6) is -0.741.